The Hall–Kier alpha value is -2.23. The van der Waals surface area contributed by atoms with Gasteiger partial charge in [0.15, 0.2) is 0 Å². The van der Waals surface area contributed by atoms with Gasteiger partial charge in [0.1, 0.15) is 5.82 Å². The minimum atomic E-state index is -0.207. The number of nitrogens with zero attached hydrogens (tertiary/aromatic N) is 2. The van der Waals surface area contributed by atoms with E-state index in [1.54, 1.807) is 19.1 Å². The third-order valence-electron chi connectivity index (χ3n) is 4.16. The van der Waals surface area contributed by atoms with Crippen LogP contribution in [0, 0.1) is 5.82 Å². The zero-order chi connectivity index (χ0) is 15.5. The van der Waals surface area contributed by atoms with Crippen molar-refractivity contribution in [3.63, 3.8) is 0 Å². The molecule has 114 valence electrons. The molecule has 4 heteroatoms. The SMILES string of the molecule is CC(=O)N1CCCC1c1cccc(Cc2ccccc2F)n1. The molecule has 1 saturated heterocycles. The van der Waals surface area contributed by atoms with Gasteiger partial charge in [0, 0.05) is 25.6 Å². The quantitative estimate of drug-likeness (QED) is 0.869. The number of pyridine rings is 1. The van der Waals surface area contributed by atoms with Crippen LogP contribution >= 0.6 is 0 Å². The normalized spacial score (nSPS) is 17.7. The molecule has 1 aromatic carbocycles. The molecule has 0 N–H and O–H groups in total. The summed E-state index contributed by atoms with van der Waals surface area (Å²) in [5, 5.41) is 0. The number of carbonyl (C=O) groups excluding carboxylic acids is 1. The van der Waals surface area contributed by atoms with Crippen LogP contribution in [0.5, 0.6) is 0 Å². The molecular weight excluding hydrogens is 279 g/mol. The van der Waals surface area contributed by atoms with E-state index < -0.39 is 0 Å². The molecule has 0 aliphatic carbocycles. The van der Waals surface area contributed by atoms with E-state index in [0.717, 1.165) is 30.8 Å². The number of amides is 1. The first-order valence-corrected chi connectivity index (χ1v) is 7.61. The minimum absolute atomic E-state index is 0.0538. The molecule has 1 atom stereocenters. The number of likely N-dealkylation sites (tertiary alicyclic amines) is 1. The second-order valence-corrected chi connectivity index (χ2v) is 5.69. The molecule has 2 heterocycles. The number of rotatable bonds is 3. The fourth-order valence-corrected chi connectivity index (χ4v) is 3.07. The molecule has 1 amide bonds. The van der Waals surface area contributed by atoms with E-state index in [0.29, 0.717) is 12.0 Å². The Bertz CT molecular complexity index is 686. The number of benzene rings is 1. The van der Waals surface area contributed by atoms with Crippen LogP contribution in [0.2, 0.25) is 0 Å². The predicted octanol–water partition coefficient (Wildman–Crippen LogP) is 3.49. The highest BCUT2D eigenvalue weighted by atomic mass is 19.1. The molecule has 1 unspecified atom stereocenters. The highest BCUT2D eigenvalue weighted by molar-refractivity contribution is 5.74. The average molecular weight is 298 g/mol. The van der Waals surface area contributed by atoms with Crippen LogP contribution in [-0.4, -0.2) is 22.3 Å². The molecule has 1 aliphatic rings. The van der Waals surface area contributed by atoms with E-state index in [9.17, 15) is 9.18 Å². The summed E-state index contributed by atoms with van der Waals surface area (Å²) in [5.74, 6) is -0.121. The zero-order valence-corrected chi connectivity index (χ0v) is 12.6. The van der Waals surface area contributed by atoms with Crippen LogP contribution in [0.15, 0.2) is 42.5 Å². The first-order chi connectivity index (χ1) is 10.6. The Morgan fingerprint density at radius 1 is 1.27 bits per heavy atom. The van der Waals surface area contributed by atoms with Gasteiger partial charge in [0.05, 0.1) is 11.7 Å². The Morgan fingerprint density at radius 3 is 2.86 bits per heavy atom. The van der Waals surface area contributed by atoms with Crippen molar-refractivity contribution in [3.8, 4) is 0 Å². The summed E-state index contributed by atoms with van der Waals surface area (Å²) in [6.45, 7) is 2.39. The third-order valence-corrected chi connectivity index (χ3v) is 4.16. The first-order valence-electron chi connectivity index (χ1n) is 7.61. The number of aromatic nitrogens is 1. The van der Waals surface area contributed by atoms with Crippen molar-refractivity contribution in [2.75, 3.05) is 6.54 Å². The van der Waals surface area contributed by atoms with E-state index in [1.807, 2.05) is 29.2 Å². The van der Waals surface area contributed by atoms with Crippen LogP contribution < -0.4 is 0 Å². The van der Waals surface area contributed by atoms with Gasteiger partial charge >= 0.3 is 0 Å². The third kappa shape index (κ3) is 3.01. The molecule has 1 aromatic heterocycles. The second-order valence-electron chi connectivity index (χ2n) is 5.69. The summed E-state index contributed by atoms with van der Waals surface area (Å²) in [6.07, 6.45) is 2.41. The highest BCUT2D eigenvalue weighted by Crippen LogP contribution is 2.31. The number of carbonyl (C=O) groups is 1. The molecule has 3 nitrogen and oxygen atoms in total. The number of halogens is 1. The van der Waals surface area contributed by atoms with Gasteiger partial charge in [0.2, 0.25) is 5.91 Å². The predicted molar refractivity (Wildman–Crippen MR) is 82.8 cm³/mol. The van der Waals surface area contributed by atoms with Gasteiger partial charge in [0.25, 0.3) is 0 Å². The van der Waals surface area contributed by atoms with Gasteiger partial charge in [-0.05, 0) is 36.6 Å². The van der Waals surface area contributed by atoms with Crippen LogP contribution in [-0.2, 0) is 11.2 Å². The molecule has 3 rings (SSSR count). The second kappa shape index (κ2) is 6.26. The molecular formula is C18H19FN2O. The molecule has 2 aromatic rings. The van der Waals surface area contributed by atoms with Gasteiger partial charge in [-0.15, -0.1) is 0 Å². The maximum absolute atomic E-state index is 13.8. The van der Waals surface area contributed by atoms with Crippen molar-refractivity contribution in [1.29, 1.82) is 0 Å². The van der Waals surface area contributed by atoms with Crippen molar-refractivity contribution in [2.24, 2.45) is 0 Å². The summed E-state index contributed by atoms with van der Waals surface area (Å²) >= 11 is 0. The molecule has 0 saturated carbocycles. The van der Waals surface area contributed by atoms with Gasteiger partial charge in [-0.1, -0.05) is 24.3 Å². The summed E-state index contributed by atoms with van der Waals surface area (Å²) in [4.78, 5) is 18.2. The van der Waals surface area contributed by atoms with Crippen molar-refractivity contribution < 1.29 is 9.18 Å². The van der Waals surface area contributed by atoms with Crippen molar-refractivity contribution in [3.05, 3.63) is 65.2 Å². The largest absolute Gasteiger partial charge is 0.334 e. The molecule has 0 bridgehead atoms. The van der Waals surface area contributed by atoms with Crippen molar-refractivity contribution in [2.45, 2.75) is 32.2 Å². The first kappa shape index (κ1) is 14.7. The molecule has 0 spiro atoms. The molecule has 0 radical (unpaired) electrons. The molecule has 22 heavy (non-hydrogen) atoms. The van der Waals surface area contributed by atoms with Gasteiger partial charge < -0.3 is 4.90 Å². The van der Waals surface area contributed by atoms with Gasteiger partial charge in [-0.2, -0.15) is 0 Å². The van der Waals surface area contributed by atoms with E-state index in [1.165, 1.54) is 6.07 Å². The number of hydrogen-bond donors (Lipinski definition) is 0. The van der Waals surface area contributed by atoms with E-state index >= 15 is 0 Å². The fraction of sp³-hybridized carbons (Fsp3) is 0.333. The maximum atomic E-state index is 13.8. The van der Waals surface area contributed by atoms with E-state index in [-0.39, 0.29) is 17.8 Å². The lowest BCUT2D eigenvalue weighted by atomic mass is 10.1. The Labute approximate surface area is 129 Å². The lowest BCUT2D eigenvalue weighted by molar-refractivity contribution is -0.129. The van der Waals surface area contributed by atoms with Crippen LogP contribution in [0.3, 0.4) is 0 Å². The Morgan fingerprint density at radius 2 is 2.09 bits per heavy atom. The summed E-state index contributed by atoms with van der Waals surface area (Å²) < 4.78 is 13.8. The van der Waals surface area contributed by atoms with E-state index in [4.69, 9.17) is 0 Å². The highest BCUT2D eigenvalue weighted by Gasteiger charge is 2.28. The molecule has 1 aliphatic heterocycles. The van der Waals surface area contributed by atoms with Crippen LogP contribution in [0.25, 0.3) is 0 Å². The zero-order valence-electron chi connectivity index (χ0n) is 12.6. The summed E-state index contributed by atoms with van der Waals surface area (Å²) in [7, 11) is 0. The maximum Gasteiger partial charge on any atom is 0.220 e. The Kier molecular flexibility index (Phi) is 4.18. The van der Waals surface area contributed by atoms with Crippen LogP contribution in [0.4, 0.5) is 4.39 Å². The lowest BCUT2D eigenvalue weighted by Crippen LogP contribution is -2.28. The monoisotopic (exact) mass is 298 g/mol. The topological polar surface area (TPSA) is 33.2 Å². The fourth-order valence-electron chi connectivity index (χ4n) is 3.07. The standard InChI is InChI=1S/C18H19FN2O/c1-13(22)21-11-5-10-18(21)17-9-4-7-15(20-17)12-14-6-2-3-8-16(14)19/h2-4,6-9,18H,5,10-12H2,1H3. The van der Waals surface area contributed by atoms with Gasteiger partial charge in [-0.3, -0.25) is 9.78 Å². The van der Waals surface area contributed by atoms with Gasteiger partial charge in [-0.25, -0.2) is 4.39 Å². The lowest BCUT2D eigenvalue weighted by Gasteiger charge is -2.23. The van der Waals surface area contributed by atoms with Crippen molar-refractivity contribution >= 4 is 5.91 Å². The van der Waals surface area contributed by atoms with Crippen LogP contribution in [0.1, 0.15) is 42.8 Å². The smallest absolute Gasteiger partial charge is 0.220 e. The van der Waals surface area contributed by atoms with Crippen molar-refractivity contribution in [1.82, 2.24) is 9.88 Å². The number of hydrogen-bond acceptors (Lipinski definition) is 2. The van der Waals surface area contributed by atoms with E-state index in [2.05, 4.69) is 4.98 Å². The average Bonchev–Trinajstić information content (AvgIpc) is 3.00. The summed E-state index contributed by atoms with van der Waals surface area (Å²) in [5.41, 5.74) is 2.38. The summed E-state index contributed by atoms with van der Waals surface area (Å²) in [6, 6.07) is 12.6. The minimum Gasteiger partial charge on any atom is -0.334 e. The molecule has 1 fully saturated rings. The Balaban J connectivity index is 1.84.